The number of anilines is 1. The number of ether oxygens (including phenoxy) is 1. The zero-order valence-electron chi connectivity index (χ0n) is 17.8. The quantitative estimate of drug-likeness (QED) is 0.653. The number of morpholine rings is 1. The number of fused-ring (bicyclic) bond motifs is 2. The van der Waals surface area contributed by atoms with Gasteiger partial charge in [0.25, 0.3) is 11.8 Å². The summed E-state index contributed by atoms with van der Waals surface area (Å²) in [5, 5.41) is 0. The first kappa shape index (κ1) is 20.6. The maximum atomic E-state index is 12.8. The van der Waals surface area contributed by atoms with E-state index in [9.17, 15) is 14.4 Å². The van der Waals surface area contributed by atoms with Gasteiger partial charge in [-0.3, -0.25) is 19.3 Å². The molecule has 0 bridgehead atoms. The van der Waals surface area contributed by atoms with Crippen LogP contribution in [-0.2, 0) is 22.5 Å². The van der Waals surface area contributed by atoms with Crippen molar-refractivity contribution in [1.82, 2.24) is 19.8 Å². The Morgan fingerprint density at radius 3 is 2.47 bits per heavy atom. The Morgan fingerprint density at radius 2 is 1.75 bits per heavy atom. The molecule has 1 aromatic carbocycles. The molecule has 2 aromatic rings. The van der Waals surface area contributed by atoms with Gasteiger partial charge in [0.05, 0.1) is 36.6 Å². The largest absolute Gasteiger partial charge is 0.378 e. The zero-order valence-corrected chi connectivity index (χ0v) is 17.8. The molecule has 0 N–H and O–H groups in total. The number of benzene rings is 1. The number of imide groups is 1. The van der Waals surface area contributed by atoms with Crippen LogP contribution < -0.4 is 4.90 Å². The minimum absolute atomic E-state index is 0.0128. The summed E-state index contributed by atoms with van der Waals surface area (Å²) in [5.41, 5.74) is 2.85. The summed E-state index contributed by atoms with van der Waals surface area (Å²) in [4.78, 5) is 52.1. The molecule has 0 atom stereocenters. The highest BCUT2D eigenvalue weighted by Gasteiger charge is 2.34. The van der Waals surface area contributed by atoms with Crippen LogP contribution >= 0.6 is 0 Å². The van der Waals surface area contributed by atoms with Crippen LogP contribution in [0.4, 0.5) is 5.95 Å². The lowest BCUT2D eigenvalue weighted by Gasteiger charge is -2.31. The third-order valence-electron chi connectivity index (χ3n) is 6.23. The summed E-state index contributed by atoms with van der Waals surface area (Å²) < 4.78 is 5.39. The van der Waals surface area contributed by atoms with E-state index in [1.54, 1.807) is 29.2 Å². The predicted molar refractivity (Wildman–Crippen MR) is 115 cm³/mol. The molecule has 3 aliphatic rings. The molecular weight excluding hydrogens is 410 g/mol. The van der Waals surface area contributed by atoms with Crippen LogP contribution in [0.5, 0.6) is 0 Å². The van der Waals surface area contributed by atoms with Crippen molar-refractivity contribution in [3.05, 3.63) is 52.8 Å². The van der Waals surface area contributed by atoms with Gasteiger partial charge in [-0.15, -0.1) is 0 Å². The third-order valence-corrected chi connectivity index (χ3v) is 6.23. The summed E-state index contributed by atoms with van der Waals surface area (Å²) in [6.45, 7) is 4.18. The molecule has 1 aromatic heterocycles. The van der Waals surface area contributed by atoms with E-state index in [1.807, 2.05) is 6.20 Å². The molecular formula is C23H25N5O4. The Morgan fingerprint density at radius 1 is 1.03 bits per heavy atom. The monoisotopic (exact) mass is 435 g/mol. The lowest BCUT2D eigenvalue weighted by molar-refractivity contribution is -0.132. The lowest BCUT2D eigenvalue weighted by Crippen LogP contribution is -2.39. The van der Waals surface area contributed by atoms with Crippen LogP contribution in [0.15, 0.2) is 30.5 Å². The molecule has 0 saturated carbocycles. The normalized spacial score (nSPS) is 18.1. The summed E-state index contributed by atoms with van der Waals surface area (Å²) in [6, 6.07) is 6.83. The minimum Gasteiger partial charge on any atom is -0.378 e. The van der Waals surface area contributed by atoms with Crippen LogP contribution in [0.2, 0.25) is 0 Å². The van der Waals surface area contributed by atoms with Crippen LogP contribution in [0.3, 0.4) is 0 Å². The lowest BCUT2D eigenvalue weighted by atomic mass is 10.1. The predicted octanol–water partition coefficient (Wildman–Crippen LogP) is 1.27. The van der Waals surface area contributed by atoms with Gasteiger partial charge < -0.3 is 14.5 Å². The second-order valence-electron chi connectivity index (χ2n) is 8.22. The Labute approximate surface area is 186 Å². The topological polar surface area (TPSA) is 95.9 Å². The first-order chi connectivity index (χ1) is 15.6. The standard InChI is InChI=1S/C23H25N5O4/c29-20(6-3-8-28-21(30)17-4-1-2-5-18(17)22(28)31)27-9-7-16-14-24-23(25-19(16)15-27)26-10-12-32-13-11-26/h1-2,4-5,14H,3,6-13,15H2. The summed E-state index contributed by atoms with van der Waals surface area (Å²) >= 11 is 0. The first-order valence-corrected chi connectivity index (χ1v) is 11.0. The van der Waals surface area contributed by atoms with Crippen molar-refractivity contribution in [3.8, 4) is 0 Å². The summed E-state index contributed by atoms with van der Waals surface area (Å²) in [6.07, 6.45) is 3.32. The number of aromatic nitrogens is 2. The molecule has 9 heteroatoms. The number of hydrogen-bond donors (Lipinski definition) is 0. The van der Waals surface area contributed by atoms with Gasteiger partial charge in [0.15, 0.2) is 0 Å². The van der Waals surface area contributed by atoms with E-state index >= 15 is 0 Å². The molecule has 3 aliphatic heterocycles. The van der Waals surface area contributed by atoms with Gasteiger partial charge in [0.2, 0.25) is 11.9 Å². The number of nitrogens with zero attached hydrogens (tertiary/aromatic N) is 5. The molecule has 0 aliphatic carbocycles. The number of hydrogen-bond acceptors (Lipinski definition) is 7. The molecule has 0 radical (unpaired) electrons. The molecule has 3 amide bonds. The Bertz CT molecular complexity index is 1030. The first-order valence-electron chi connectivity index (χ1n) is 11.0. The highest BCUT2D eigenvalue weighted by Crippen LogP contribution is 2.24. The van der Waals surface area contributed by atoms with E-state index in [-0.39, 0.29) is 30.7 Å². The van der Waals surface area contributed by atoms with Gasteiger partial charge in [-0.1, -0.05) is 12.1 Å². The average Bonchev–Trinajstić information content (AvgIpc) is 3.09. The van der Waals surface area contributed by atoms with E-state index < -0.39 is 0 Å². The third kappa shape index (κ3) is 3.84. The number of rotatable bonds is 5. The number of carbonyl (C=O) groups excluding carboxylic acids is 3. The van der Waals surface area contributed by atoms with E-state index in [0.29, 0.717) is 49.8 Å². The van der Waals surface area contributed by atoms with E-state index in [4.69, 9.17) is 9.72 Å². The van der Waals surface area contributed by atoms with Gasteiger partial charge >= 0.3 is 0 Å². The fraction of sp³-hybridized carbons (Fsp3) is 0.435. The smallest absolute Gasteiger partial charge is 0.261 e. The number of amides is 3. The zero-order chi connectivity index (χ0) is 22.1. The van der Waals surface area contributed by atoms with E-state index in [2.05, 4.69) is 9.88 Å². The molecule has 4 heterocycles. The number of carbonyl (C=O) groups is 3. The molecule has 1 fully saturated rings. The molecule has 0 unspecified atom stereocenters. The van der Waals surface area contributed by atoms with Gasteiger partial charge in [-0.2, -0.15) is 0 Å². The van der Waals surface area contributed by atoms with E-state index in [0.717, 1.165) is 30.8 Å². The van der Waals surface area contributed by atoms with Crippen molar-refractivity contribution in [3.63, 3.8) is 0 Å². The highest BCUT2D eigenvalue weighted by molar-refractivity contribution is 6.21. The molecule has 166 valence electrons. The second kappa shape index (κ2) is 8.66. The van der Waals surface area contributed by atoms with E-state index in [1.165, 1.54) is 4.90 Å². The van der Waals surface area contributed by atoms with Gasteiger partial charge in [-0.05, 0) is 30.5 Å². The Balaban J connectivity index is 1.17. The van der Waals surface area contributed by atoms with Crippen molar-refractivity contribution in [1.29, 1.82) is 0 Å². The minimum atomic E-state index is -0.280. The van der Waals surface area contributed by atoms with Crippen molar-refractivity contribution in [2.24, 2.45) is 0 Å². The molecule has 1 saturated heterocycles. The Hall–Kier alpha value is -3.33. The summed E-state index contributed by atoms with van der Waals surface area (Å²) in [5.74, 6) is 0.139. The fourth-order valence-corrected chi connectivity index (χ4v) is 4.41. The van der Waals surface area contributed by atoms with Gasteiger partial charge in [0.1, 0.15) is 0 Å². The van der Waals surface area contributed by atoms with Crippen molar-refractivity contribution >= 4 is 23.7 Å². The Kier molecular flexibility index (Phi) is 5.57. The molecule has 32 heavy (non-hydrogen) atoms. The van der Waals surface area contributed by atoms with Crippen molar-refractivity contribution in [2.45, 2.75) is 25.8 Å². The SMILES string of the molecule is O=C(CCCN1C(=O)c2ccccc2C1=O)N1CCc2cnc(N3CCOCC3)nc2C1. The van der Waals surface area contributed by atoms with Crippen molar-refractivity contribution < 1.29 is 19.1 Å². The maximum absolute atomic E-state index is 12.8. The average molecular weight is 435 g/mol. The summed E-state index contributed by atoms with van der Waals surface area (Å²) in [7, 11) is 0. The maximum Gasteiger partial charge on any atom is 0.261 e. The second-order valence-corrected chi connectivity index (χ2v) is 8.22. The molecule has 0 spiro atoms. The van der Waals surface area contributed by atoms with Crippen molar-refractivity contribution in [2.75, 3.05) is 44.3 Å². The van der Waals surface area contributed by atoms with Crippen LogP contribution in [-0.4, -0.2) is 76.9 Å². The van der Waals surface area contributed by atoms with Gasteiger partial charge in [-0.25, -0.2) is 9.97 Å². The highest BCUT2D eigenvalue weighted by atomic mass is 16.5. The fourth-order valence-electron chi connectivity index (χ4n) is 4.41. The van der Waals surface area contributed by atoms with Crippen LogP contribution in [0.25, 0.3) is 0 Å². The van der Waals surface area contributed by atoms with Gasteiger partial charge in [0, 0.05) is 38.8 Å². The molecule has 9 nitrogen and oxygen atoms in total. The van der Waals surface area contributed by atoms with Crippen LogP contribution in [0.1, 0.15) is 44.8 Å². The molecule has 5 rings (SSSR count). The van der Waals surface area contributed by atoms with Crippen LogP contribution in [0, 0.1) is 0 Å².